The SMILES string of the molecule is CCCCCCCCCCCCCCOP(=O)(O)OC[C@@](N)(SC)C(=O)O. The summed E-state index contributed by atoms with van der Waals surface area (Å²) in [6.45, 7) is 1.73. The predicted octanol–water partition coefficient (Wildman–Crippen LogP) is 4.92. The van der Waals surface area contributed by atoms with Gasteiger partial charge in [-0.2, -0.15) is 0 Å². The molecule has 0 rings (SSSR count). The third-order valence-corrected chi connectivity index (χ3v) is 6.41. The van der Waals surface area contributed by atoms with E-state index in [9.17, 15) is 14.3 Å². The van der Waals surface area contributed by atoms with E-state index in [0.717, 1.165) is 24.6 Å². The first-order valence-electron chi connectivity index (χ1n) is 9.96. The molecule has 0 heterocycles. The van der Waals surface area contributed by atoms with Gasteiger partial charge in [-0.3, -0.25) is 9.05 Å². The van der Waals surface area contributed by atoms with Crippen LogP contribution in [0, 0.1) is 0 Å². The Bertz CT molecular complexity index is 440. The van der Waals surface area contributed by atoms with Crippen LogP contribution in [-0.2, 0) is 18.4 Å². The smallest absolute Gasteiger partial charge is 0.472 e. The van der Waals surface area contributed by atoms with Gasteiger partial charge in [0.2, 0.25) is 0 Å². The Morgan fingerprint density at radius 1 is 0.963 bits per heavy atom. The molecule has 0 aromatic heterocycles. The summed E-state index contributed by atoms with van der Waals surface area (Å²) in [6.07, 6.45) is 15.8. The monoisotopic (exact) mass is 427 g/mol. The van der Waals surface area contributed by atoms with Crippen molar-refractivity contribution in [1.29, 1.82) is 0 Å². The van der Waals surface area contributed by atoms with Gasteiger partial charge >= 0.3 is 13.8 Å². The summed E-state index contributed by atoms with van der Waals surface area (Å²) in [5, 5.41) is 8.99. The van der Waals surface area contributed by atoms with Gasteiger partial charge < -0.3 is 15.7 Å². The number of carboxylic acid groups (broad SMARTS) is 1. The number of carbonyl (C=O) groups is 1. The lowest BCUT2D eigenvalue weighted by molar-refractivity contribution is -0.140. The third-order valence-electron chi connectivity index (χ3n) is 4.42. The highest BCUT2D eigenvalue weighted by Crippen LogP contribution is 2.44. The Labute approximate surface area is 168 Å². The maximum Gasteiger partial charge on any atom is 0.472 e. The van der Waals surface area contributed by atoms with Crippen LogP contribution >= 0.6 is 19.6 Å². The molecule has 0 saturated heterocycles. The number of phosphoric acid groups is 1. The fraction of sp³-hybridized carbons (Fsp3) is 0.944. The lowest BCUT2D eigenvalue weighted by atomic mass is 10.1. The van der Waals surface area contributed by atoms with Gasteiger partial charge in [0.05, 0.1) is 13.2 Å². The van der Waals surface area contributed by atoms with E-state index < -0.39 is 25.3 Å². The minimum atomic E-state index is -4.28. The Hall–Kier alpha value is -0.110. The van der Waals surface area contributed by atoms with E-state index in [-0.39, 0.29) is 6.61 Å². The van der Waals surface area contributed by atoms with E-state index in [4.69, 9.17) is 19.9 Å². The molecule has 0 aromatic rings. The average molecular weight is 428 g/mol. The largest absolute Gasteiger partial charge is 0.479 e. The van der Waals surface area contributed by atoms with Crippen LogP contribution < -0.4 is 5.73 Å². The van der Waals surface area contributed by atoms with E-state index in [2.05, 4.69) is 6.92 Å². The summed E-state index contributed by atoms with van der Waals surface area (Å²) in [7, 11) is -4.28. The Kier molecular flexibility index (Phi) is 15.7. The van der Waals surface area contributed by atoms with Gasteiger partial charge in [-0.1, -0.05) is 77.6 Å². The fourth-order valence-electron chi connectivity index (χ4n) is 2.55. The highest BCUT2D eigenvalue weighted by atomic mass is 32.2. The van der Waals surface area contributed by atoms with Crippen molar-refractivity contribution in [2.24, 2.45) is 5.73 Å². The number of aliphatic carboxylic acids is 1. The standard InChI is InChI=1S/C18H38NO6PS/c1-3-4-5-6-7-8-9-10-11-12-13-14-15-24-26(22,23)25-16-18(19,27-2)17(20)21/h3-16,19H2,1-2H3,(H,20,21)(H,22,23)/t18-/m1/s1. The van der Waals surface area contributed by atoms with Crippen molar-refractivity contribution in [2.45, 2.75) is 88.8 Å². The zero-order chi connectivity index (χ0) is 20.6. The normalized spacial score (nSPS) is 16.0. The lowest BCUT2D eigenvalue weighted by Crippen LogP contribution is -2.48. The van der Waals surface area contributed by atoms with Crippen molar-refractivity contribution < 1.29 is 28.4 Å². The summed E-state index contributed by atoms with van der Waals surface area (Å²) >= 11 is 0.834. The van der Waals surface area contributed by atoms with Crippen LogP contribution in [0.5, 0.6) is 0 Å². The van der Waals surface area contributed by atoms with Crippen LogP contribution in [-0.4, -0.2) is 40.3 Å². The number of hydrogen-bond donors (Lipinski definition) is 3. The summed E-state index contributed by atoms with van der Waals surface area (Å²) in [4.78, 5) is 18.8. The second-order valence-corrected chi connectivity index (χ2v) is 9.45. The topological polar surface area (TPSA) is 119 Å². The predicted molar refractivity (Wildman–Crippen MR) is 111 cm³/mol. The first-order valence-corrected chi connectivity index (χ1v) is 12.7. The third kappa shape index (κ3) is 14.5. The number of thioether (sulfide) groups is 1. The number of phosphoric ester groups is 1. The fourth-order valence-corrected chi connectivity index (χ4v) is 3.79. The van der Waals surface area contributed by atoms with E-state index in [1.54, 1.807) is 0 Å². The number of carboxylic acids is 1. The molecule has 2 atom stereocenters. The van der Waals surface area contributed by atoms with Gasteiger partial charge in [-0.15, -0.1) is 11.8 Å². The molecular weight excluding hydrogens is 389 g/mol. The minimum absolute atomic E-state index is 0.106. The summed E-state index contributed by atoms with van der Waals surface area (Å²) in [5.74, 6) is -1.31. The van der Waals surface area contributed by atoms with Gasteiger partial charge in [0.1, 0.15) is 0 Å². The van der Waals surface area contributed by atoms with Gasteiger partial charge in [-0.25, -0.2) is 9.36 Å². The molecule has 162 valence electrons. The second-order valence-electron chi connectivity index (χ2n) is 6.86. The maximum atomic E-state index is 11.8. The van der Waals surface area contributed by atoms with Gasteiger partial charge in [0.15, 0.2) is 4.87 Å². The maximum absolute atomic E-state index is 11.8. The molecule has 0 radical (unpaired) electrons. The van der Waals surface area contributed by atoms with Crippen molar-refractivity contribution in [3.05, 3.63) is 0 Å². The quantitative estimate of drug-likeness (QED) is 0.151. The lowest BCUT2D eigenvalue weighted by Gasteiger charge is -2.23. The average Bonchev–Trinajstić information content (AvgIpc) is 2.63. The first kappa shape index (κ1) is 26.9. The van der Waals surface area contributed by atoms with Crippen molar-refractivity contribution in [3.8, 4) is 0 Å². The number of nitrogens with two attached hydrogens (primary N) is 1. The van der Waals surface area contributed by atoms with Crippen LogP contribution in [0.3, 0.4) is 0 Å². The molecule has 0 aliphatic carbocycles. The molecule has 0 aliphatic rings. The van der Waals surface area contributed by atoms with Crippen LogP contribution in [0.4, 0.5) is 0 Å². The first-order chi connectivity index (χ1) is 12.8. The van der Waals surface area contributed by atoms with Crippen molar-refractivity contribution in [2.75, 3.05) is 19.5 Å². The summed E-state index contributed by atoms with van der Waals surface area (Å²) < 4.78 is 21.3. The Balaban J connectivity index is 3.60. The number of hydrogen-bond acceptors (Lipinski definition) is 6. The second kappa shape index (κ2) is 15.8. The molecule has 0 fully saturated rings. The Morgan fingerprint density at radius 3 is 1.81 bits per heavy atom. The van der Waals surface area contributed by atoms with Gasteiger partial charge in [0.25, 0.3) is 0 Å². The van der Waals surface area contributed by atoms with E-state index in [1.165, 1.54) is 64.0 Å². The van der Waals surface area contributed by atoms with Crippen LogP contribution in [0.1, 0.15) is 84.0 Å². The highest BCUT2D eigenvalue weighted by molar-refractivity contribution is 8.00. The molecular formula is C18H38NO6PS. The van der Waals surface area contributed by atoms with Crippen molar-refractivity contribution in [3.63, 3.8) is 0 Å². The molecule has 0 aliphatic heterocycles. The van der Waals surface area contributed by atoms with E-state index >= 15 is 0 Å². The summed E-state index contributed by atoms with van der Waals surface area (Å²) in [5.41, 5.74) is 5.57. The van der Waals surface area contributed by atoms with Crippen LogP contribution in [0.2, 0.25) is 0 Å². The Morgan fingerprint density at radius 2 is 1.41 bits per heavy atom. The molecule has 0 amide bonds. The molecule has 7 nitrogen and oxygen atoms in total. The van der Waals surface area contributed by atoms with Crippen molar-refractivity contribution >= 4 is 25.6 Å². The number of unbranched alkanes of at least 4 members (excludes halogenated alkanes) is 11. The van der Waals surface area contributed by atoms with Gasteiger partial charge in [-0.05, 0) is 12.7 Å². The van der Waals surface area contributed by atoms with E-state index in [0.29, 0.717) is 6.42 Å². The van der Waals surface area contributed by atoms with Gasteiger partial charge in [0, 0.05) is 0 Å². The van der Waals surface area contributed by atoms with Crippen LogP contribution in [0.25, 0.3) is 0 Å². The van der Waals surface area contributed by atoms with Crippen LogP contribution in [0.15, 0.2) is 0 Å². The molecule has 1 unspecified atom stereocenters. The molecule has 0 spiro atoms. The molecule has 27 heavy (non-hydrogen) atoms. The molecule has 9 heteroatoms. The van der Waals surface area contributed by atoms with Crippen molar-refractivity contribution in [1.82, 2.24) is 0 Å². The molecule has 4 N–H and O–H groups in total. The van der Waals surface area contributed by atoms with E-state index in [1.807, 2.05) is 0 Å². The summed E-state index contributed by atoms with van der Waals surface area (Å²) in [6, 6.07) is 0. The molecule has 0 bridgehead atoms. The number of rotatable bonds is 19. The molecule has 0 aromatic carbocycles. The minimum Gasteiger partial charge on any atom is -0.479 e. The zero-order valence-electron chi connectivity index (χ0n) is 16.9. The zero-order valence-corrected chi connectivity index (χ0v) is 18.6. The molecule has 0 saturated carbocycles. The highest BCUT2D eigenvalue weighted by Gasteiger charge is 2.37.